The molecular formula is C48H93N9O3. The number of rotatable bonds is 21. The van der Waals surface area contributed by atoms with Crippen molar-refractivity contribution in [3.63, 3.8) is 0 Å². The van der Waals surface area contributed by atoms with E-state index >= 15 is 0 Å². The standard InChI is InChI=1S/C48H93N9O3/c1-16-40(4,5)46(22-28-58,34-19-25-49-43(10,11)31-34)55-37-52-38(56-47(23-29-59,41(6,7)17-2)35-20-26-50-44(12,13)32-35)54-39(53-37)57-48(24-30-60,42(8,9)18-3)36-21-27-51-45(14,15)33-36/h34-36,49-51,58-60H,16-33H2,1-15H3,(H3,52,53,54,55,56,57). The third kappa shape index (κ3) is 10.6. The van der Waals surface area contributed by atoms with Gasteiger partial charge in [0.2, 0.25) is 17.8 Å². The minimum absolute atomic E-state index is 0.0354. The molecule has 0 aliphatic carbocycles. The summed E-state index contributed by atoms with van der Waals surface area (Å²) in [6.07, 6.45) is 10.1. The third-order valence-electron chi connectivity index (χ3n) is 17.1. The molecule has 3 fully saturated rings. The van der Waals surface area contributed by atoms with Crippen LogP contribution in [0.4, 0.5) is 17.8 Å². The first-order chi connectivity index (χ1) is 27.8. The molecule has 0 spiro atoms. The highest BCUT2D eigenvalue weighted by molar-refractivity contribution is 5.48. The Balaban J connectivity index is 2.05. The maximum Gasteiger partial charge on any atom is 0.229 e. The van der Waals surface area contributed by atoms with Crippen LogP contribution in [-0.4, -0.2) is 103 Å². The van der Waals surface area contributed by atoms with Gasteiger partial charge >= 0.3 is 0 Å². The van der Waals surface area contributed by atoms with E-state index in [9.17, 15) is 15.3 Å². The van der Waals surface area contributed by atoms with E-state index in [1.54, 1.807) is 0 Å². The smallest absolute Gasteiger partial charge is 0.229 e. The van der Waals surface area contributed by atoms with Crippen LogP contribution in [0.25, 0.3) is 0 Å². The number of aromatic nitrogens is 3. The first kappa shape index (κ1) is 50.8. The van der Waals surface area contributed by atoms with E-state index in [2.05, 4.69) is 136 Å². The van der Waals surface area contributed by atoms with Gasteiger partial charge in [-0.05, 0) is 172 Å². The monoisotopic (exact) mass is 844 g/mol. The molecule has 12 heteroatoms. The van der Waals surface area contributed by atoms with Gasteiger partial charge in [-0.25, -0.2) is 0 Å². The van der Waals surface area contributed by atoms with Gasteiger partial charge < -0.3 is 47.2 Å². The molecule has 4 heterocycles. The molecule has 0 bridgehead atoms. The lowest BCUT2D eigenvalue weighted by Crippen LogP contribution is -2.63. The first-order valence-electron chi connectivity index (χ1n) is 24.0. The summed E-state index contributed by atoms with van der Waals surface area (Å²) in [6.45, 7) is 37.2. The largest absolute Gasteiger partial charge is 0.396 e. The Labute approximate surface area is 366 Å². The fraction of sp³-hybridized carbons (Fsp3) is 0.938. The summed E-state index contributed by atoms with van der Waals surface area (Å²) >= 11 is 0. The van der Waals surface area contributed by atoms with E-state index in [1.807, 2.05) is 0 Å². The molecule has 1 aromatic rings. The van der Waals surface area contributed by atoms with Crippen LogP contribution in [0, 0.1) is 34.0 Å². The van der Waals surface area contributed by atoms with Crippen LogP contribution >= 0.6 is 0 Å². The van der Waals surface area contributed by atoms with Crippen LogP contribution in [0.5, 0.6) is 0 Å². The van der Waals surface area contributed by atoms with E-state index < -0.39 is 16.6 Å². The normalized spacial score (nSPS) is 26.6. The molecule has 6 atom stereocenters. The molecule has 348 valence electrons. The summed E-state index contributed by atoms with van der Waals surface area (Å²) in [5.74, 6) is 2.14. The molecule has 0 saturated carbocycles. The highest BCUT2D eigenvalue weighted by Crippen LogP contribution is 2.52. The van der Waals surface area contributed by atoms with Crippen LogP contribution < -0.4 is 31.9 Å². The van der Waals surface area contributed by atoms with Gasteiger partial charge in [-0.3, -0.25) is 0 Å². The molecule has 60 heavy (non-hydrogen) atoms. The summed E-state index contributed by atoms with van der Waals surface area (Å²) in [5.41, 5.74) is -2.53. The van der Waals surface area contributed by atoms with Gasteiger partial charge in [0.1, 0.15) is 0 Å². The number of aliphatic hydroxyl groups excluding tert-OH is 3. The molecular weight excluding hydrogens is 751 g/mol. The molecule has 6 unspecified atom stereocenters. The minimum Gasteiger partial charge on any atom is -0.396 e. The van der Waals surface area contributed by atoms with Crippen molar-refractivity contribution in [2.24, 2.45) is 34.0 Å². The highest BCUT2D eigenvalue weighted by Gasteiger charge is 2.55. The second-order valence-electron chi connectivity index (χ2n) is 23.2. The Morgan fingerprint density at radius 3 is 0.900 bits per heavy atom. The number of piperidine rings is 3. The fourth-order valence-electron chi connectivity index (χ4n) is 12.3. The van der Waals surface area contributed by atoms with Crippen LogP contribution in [0.15, 0.2) is 0 Å². The second kappa shape index (κ2) is 19.1. The van der Waals surface area contributed by atoms with Gasteiger partial charge in [-0.15, -0.1) is 0 Å². The van der Waals surface area contributed by atoms with E-state index in [1.165, 1.54) is 0 Å². The number of hydrogen-bond acceptors (Lipinski definition) is 12. The molecule has 1 aromatic heterocycles. The quantitative estimate of drug-likeness (QED) is 0.0584. The Morgan fingerprint density at radius 2 is 0.717 bits per heavy atom. The molecule has 3 aliphatic heterocycles. The third-order valence-corrected chi connectivity index (χ3v) is 17.1. The van der Waals surface area contributed by atoms with Gasteiger partial charge in [-0.1, -0.05) is 62.3 Å². The van der Waals surface area contributed by atoms with E-state index in [4.69, 9.17) is 15.0 Å². The number of anilines is 3. The van der Waals surface area contributed by atoms with E-state index in [-0.39, 0.29) is 70.4 Å². The van der Waals surface area contributed by atoms with Gasteiger partial charge in [-0.2, -0.15) is 15.0 Å². The van der Waals surface area contributed by atoms with Gasteiger partial charge in [0, 0.05) is 36.4 Å². The lowest BCUT2D eigenvalue weighted by molar-refractivity contribution is 0.0400. The molecule has 4 rings (SSSR count). The maximum absolute atomic E-state index is 10.9. The topological polar surface area (TPSA) is 172 Å². The van der Waals surface area contributed by atoms with E-state index in [0.29, 0.717) is 37.1 Å². The molecule has 0 radical (unpaired) electrons. The summed E-state index contributed by atoms with van der Waals surface area (Å²) in [4.78, 5) is 16.1. The Kier molecular flexibility index (Phi) is 16.2. The first-order valence-corrected chi connectivity index (χ1v) is 24.0. The Bertz CT molecular complexity index is 1340. The van der Waals surface area contributed by atoms with Gasteiger partial charge in [0.05, 0.1) is 16.6 Å². The zero-order valence-corrected chi connectivity index (χ0v) is 41.1. The van der Waals surface area contributed by atoms with Crippen molar-refractivity contribution >= 4 is 17.8 Å². The average Bonchev–Trinajstić information content (AvgIpc) is 3.15. The van der Waals surface area contributed by atoms with Crippen LogP contribution in [0.3, 0.4) is 0 Å². The molecule has 0 aromatic carbocycles. The number of aliphatic hydroxyl groups is 3. The predicted molar refractivity (Wildman–Crippen MR) is 251 cm³/mol. The van der Waals surface area contributed by atoms with Crippen molar-refractivity contribution in [1.29, 1.82) is 0 Å². The van der Waals surface area contributed by atoms with Crippen molar-refractivity contribution in [2.75, 3.05) is 55.4 Å². The highest BCUT2D eigenvalue weighted by atomic mass is 16.3. The average molecular weight is 844 g/mol. The van der Waals surface area contributed by atoms with E-state index in [0.717, 1.165) is 77.4 Å². The van der Waals surface area contributed by atoms with Crippen LogP contribution in [0.1, 0.15) is 181 Å². The molecule has 12 nitrogen and oxygen atoms in total. The van der Waals surface area contributed by atoms with Crippen molar-refractivity contribution in [2.45, 2.75) is 214 Å². The Hall–Kier alpha value is -1.83. The fourth-order valence-corrected chi connectivity index (χ4v) is 12.3. The minimum atomic E-state index is -0.542. The summed E-state index contributed by atoms with van der Waals surface area (Å²) in [6, 6.07) is 0. The van der Waals surface area contributed by atoms with Crippen molar-refractivity contribution < 1.29 is 15.3 Å². The molecule has 3 saturated heterocycles. The summed E-state index contributed by atoms with van der Waals surface area (Å²) < 4.78 is 0. The lowest BCUT2D eigenvalue weighted by atomic mass is 9.58. The molecule has 9 N–H and O–H groups in total. The van der Waals surface area contributed by atoms with Crippen molar-refractivity contribution in [1.82, 2.24) is 30.9 Å². The number of nitrogens with zero attached hydrogens (tertiary/aromatic N) is 3. The second-order valence-corrected chi connectivity index (χ2v) is 23.2. The van der Waals surface area contributed by atoms with Gasteiger partial charge in [0.25, 0.3) is 0 Å². The summed E-state index contributed by atoms with van der Waals surface area (Å²) in [7, 11) is 0. The lowest BCUT2D eigenvalue weighted by Gasteiger charge is -2.56. The van der Waals surface area contributed by atoms with Gasteiger partial charge in [0.15, 0.2) is 0 Å². The van der Waals surface area contributed by atoms with Crippen LogP contribution in [-0.2, 0) is 0 Å². The maximum atomic E-state index is 10.9. The Morgan fingerprint density at radius 1 is 0.483 bits per heavy atom. The number of nitrogens with one attached hydrogen (secondary N) is 6. The van der Waals surface area contributed by atoms with Crippen molar-refractivity contribution in [3.05, 3.63) is 0 Å². The number of hydrogen-bond donors (Lipinski definition) is 9. The molecule has 3 aliphatic rings. The zero-order valence-electron chi connectivity index (χ0n) is 41.1. The SMILES string of the molecule is CCC(C)(C)C(CCO)(Nc1nc(NC(CCO)(C2CCNC(C)(C)C2)C(C)(C)CC)nc(NC(CCO)(C2CCNC(C)(C)C2)C(C)(C)CC)n1)C1CCNC(C)(C)C1. The van der Waals surface area contributed by atoms with Crippen LogP contribution in [0.2, 0.25) is 0 Å². The summed E-state index contributed by atoms with van der Waals surface area (Å²) in [5, 5.41) is 56.2. The zero-order chi connectivity index (χ0) is 45.1. The predicted octanol–water partition coefficient (Wildman–Crippen LogP) is 8.11. The molecule has 0 amide bonds. The van der Waals surface area contributed by atoms with Crippen molar-refractivity contribution in [3.8, 4) is 0 Å².